The Labute approximate surface area is 233 Å². The normalized spacial score (nSPS) is 19.4. The van der Waals surface area contributed by atoms with Crippen LogP contribution in [0.15, 0.2) is 84.9 Å². The van der Waals surface area contributed by atoms with E-state index in [-0.39, 0.29) is 0 Å². The number of para-hydroxylation sites is 1. The Morgan fingerprint density at radius 1 is 0.789 bits per heavy atom. The number of fused-ring (bicyclic) bond motifs is 7. The summed E-state index contributed by atoms with van der Waals surface area (Å²) in [6.45, 7) is 5.40. The summed E-state index contributed by atoms with van der Waals surface area (Å²) in [7, 11) is -1.73. The molecule has 2 aliphatic heterocycles. The molecule has 0 saturated heterocycles. The van der Waals surface area contributed by atoms with Gasteiger partial charge in [0.25, 0.3) is 0 Å². The average Bonchev–Trinajstić information content (AvgIpc) is 3.08. The van der Waals surface area contributed by atoms with E-state index in [9.17, 15) is 0 Å². The third-order valence-electron chi connectivity index (χ3n) is 9.74. The third-order valence-corrected chi connectivity index (χ3v) is 16.8. The second-order valence-corrected chi connectivity index (χ2v) is 18.3. The zero-order chi connectivity index (χ0) is 25.4. The molecule has 0 spiro atoms. The van der Waals surface area contributed by atoms with Crippen LogP contribution in [0.2, 0.25) is 12.6 Å². The Balaban J connectivity index is 1.35. The van der Waals surface area contributed by atoms with Crippen molar-refractivity contribution in [3.63, 3.8) is 0 Å². The Hall–Kier alpha value is -2.78. The molecule has 1 aliphatic carbocycles. The molecule has 5 aromatic rings. The van der Waals surface area contributed by atoms with E-state index < -0.39 is 8.07 Å². The molecule has 8 rings (SSSR count). The van der Waals surface area contributed by atoms with E-state index in [0.29, 0.717) is 21.7 Å². The van der Waals surface area contributed by atoms with Crippen LogP contribution >= 0.6 is 0 Å². The van der Waals surface area contributed by atoms with Crippen LogP contribution in [0.25, 0.3) is 16.6 Å². The molecule has 0 amide bonds. The standard InChI is InChI=1S/C34H32BNSeSi/c1-3-38(2)32-18-10-8-14-27(32)35-26-21-20-23(22-31(26)37-30-17-11-19-33(38)34(30)35)36-28-15-6-4-5-12-24(28)25-13-7-9-16-29(25)36/h7-11,13-14,16-22H,3-6,12,15H2,1-2H3. The molecule has 0 saturated carbocycles. The summed E-state index contributed by atoms with van der Waals surface area (Å²) in [6.07, 6.45) is 6.36. The van der Waals surface area contributed by atoms with Gasteiger partial charge in [-0.05, 0) is 0 Å². The Morgan fingerprint density at radius 2 is 1.61 bits per heavy atom. The van der Waals surface area contributed by atoms with Crippen LogP contribution in [-0.2, 0) is 12.8 Å². The zero-order valence-electron chi connectivity index (χ0n) is 22.3. The van der Waals surface area contributed by atoms with Gasteiger partial charge >= 0.3 is 234 Å². The van der Waals surface area contributed by atoms with E-state index in [1.165, 1.54) is 54.7 Å². The van der Waals surface area contributed by atoms with Gasteiger partial charge in [-0.15, -0.1) is 0 Å². The number of hydrogen-bond donors (Lipinski definition) is 0. The summed E-state index contributed by atoms with van der Waals surface area (Å²) in [5.41, 5.74) is 10.7. The van der Waals surface area contributed by atoms with Gasteiger partial charge in [0.15, 0.2) is 0 Å². The number of nitrogens with zero attached hydrogens (tertiary/aromatic N) is 1. The van der Waals surface area contributed by atoms with Crippen LogP contribution < -0.4 is 35.7 Å². The number of hydrogen-bond acceptors (Lipinski definition) is 0. The fourth-order valence-corrected chi connectivity index (χ4v) is 14.2. The van der Waals surface area contributed by atoms with Crippen molar-refractivity contribution in [1.29, 1.82) is 0 Å². The maximum atomic E-state index is 2.62. The SMILES string of the molecule is CC[Si]1(C)c2ccccc2B2c3ccc(-n4c5c(c6ccccc64)CCCCC5)cc3[Se]c3cccc1c32. The number of aromatic nitrogens is 1. The first-order chi connectivity index (χ1) is 18.7. The van der Waals surface area contributed by atoms with Crippen LogP contribution in [0.5, 0.6) is 0 Å². The van der Waals surface area contributed by atoms with Crippen molar-refractivity contribution in [1.82, 2.24) is 4.57 Å². The van der Waals surface area contributed by atoms with Crippen molar-refractivity contribution in [3.05, 3.63) is 96.2 Å². The van der Waals surface area contributed by atoms with Gasteiger partial charge in [0.2, 0.25) is 0 Å². The molecule has 1 unspecified atom stereocenters. The van der Waals surface area contributed by atoms with Gasteiger partial charge in [0.05, 0.1) is 0 Å². The Morgan fingerprint density at radius 3 is 2.53 bits per heavy atom. The molecule has 1 aromatic heterocycles. The average molecular weight is 572 g/mol. The number of benzene rings is 4. The van der Waals surface area contributed by atoms with E-state index in [2.05, 4.69) is 103 Å². The van der Waals surface area contributed by atoms with Crippen molar-refractivity contribution >= 4 is 76.3 Å². The van der Waals surface area contributed by atoms with E-state index in [1.54, 1.807) is 46.9 Å². The monoisotopic (exact) mass is 573 g/mol. The molecule has 1 nitrogen and oxygen atoms in total. The van der Waals surface area contributed by atoms with E-state index in [1.807, 2.05) is 0 Å². The molecule has 0 bridgehead atoms. The predicted molar refractivity (Wildman–Crippen MR) is 168 cm³/mol. The molecule has 4 aromatic carbocycles. The fourth-order valence-electron chi connectivity index (χ4n) is 7.74. The molecular formula is C34H32BNSeSi. The van der Waals surface area contributed by atoms with Crippen molar-refractivity contribution in [2.75, 3.05) is 0 Å². The first-order valence-electron chi connectivity index (χ1n) is 14.3. The van der Waals surface area contributed by atoms with Gasteiger partial charge in [-0.3, -0.25) is 0 Å². The molecule has 0 radical (unpaired) electrons. The quantitative estimate of drug-likeness (QED) is 0.222. The topological polar surface area (TPSA) is 4.93 Å². The van der Waals surface area contributed by atoms with Crippen LogP contribution in [0, 0.1) is 0 Å². The van der Waals surface area contributed by atoms with Gasteiger partial charge in [-0.2, -0.15) is 0 Å². The van der Waals surface area contributed by atoms with Crippen LogP contribution in [-0.4, -0.2) is 34.3 Å². The van der Waals surface area contributed by atoms with Gasteiger partial charge in [-0.25, -0.2) is 0 Å². The van der Waals surface area contributed by atoms with Crippen molar-refractivity contribution in [2.24, 2.45) is 0 Å². The summed E-state index contributed by atoms with van der Waals surface area (Å²) in [5.74, 6) is 0. The van der Waals surface area contributed by atoms with Gasteiger partial charge < -0.3 is 0 Å². The van der Waals surface area contributed by atoms with Gasteiger partial charge in [-0.1, -0.05) is 0 Å². The van der Waals surface area contributed by atoms with Crippen molar-refractivity contribution < 1.29 is 0 Å². The molecular weight excluding hydrogens is 540 g/mol. The molecule has 0 N–H and O–H groups in total. The summed E-state index contributed by atoms with van der Waals surface area (Å²) in [5, 5.41) is 4.82. The van der Waals surface area contributed by atoms with E-state index in [0.717, 1.165) is 0 Å². The molecule has 1 atom stereocenters. The predicted octanol–water partition coefficient (Wildman–Crippen LogP) is 2.91. The molecule has 38 heavy (non-hydrogen) atoms. The Bertz CT molecular complexity index is 1750. The second kappa shape index (κ2) is 8.61. The molecule has 4 heteroatoms. The van der Waals surface area contributed by atoms with Gasteiger partial charge in [0.1, 0.15) is 0 Å². The molecule has 0 fully saturated rings. The Kier molecular flexibility index (Phi) is 5.24. The van der Waals surface area contributed by atoms with Crippen LogP contribution in [0.1, 0.15) is 37.4 Å². The van der Waals surface area contributed by atoms with Crippen LogP contribution in [0.4, 0.5) is 0 Å². The zero-order valence-corrected chi connectivity index (χ0v) is 25.0. The van der Waals surface area contributed by atoms with Crippen LogP contribution in [0.3, 0.4) is 0 Å². The van der Waals surface area contributed by atoms with E-state index >= 15 is 0 Å². The summed E-state index contributed by atoms with van der Waals surface area (Å²) < 4.78 is 5.80. The molecule has 3 aliphatic rings. The minimum absolute atomic E-state index is 0.322. The number of rotatable bonds is 2. The van der Waals surface area contributed by atoms with Crippen molar-refractivity contribution in [2.45, 2.75) is 51.6 Å². The fraction of sp³-hybridized carbons (Fsp3) is 0.235. The summed E-state index contributed by atoms with van der Waals surface area (Å²) in [6, 6.07) is 34.6. The van der Waals surface area contributed by atoms with E-state index in [4.69, 9.17) is 0 Å². The second-order valence-electron chi connectivity index (χ2n) is 11.6. The summed E-state index contributed by atoms with van der Waals surface area (Å²) in [4.78, 5) is 0. The third kappa shape index (κ3) is 3.12. The first kappa shape index (κ1) is 23.1. The molecule has 3 heterocycles. The van der Waals surface area contributed by atoms with Gasteiger partial charge in [0, 0.05) is 0 Å². The minimum atomic E-state index is -1.73. The molecule has 186 valence electrons. The number of aryl methyl sites for hydroxylation is 1. The summed E-state index contributed by atoms with van der Waals surface area (Å²) >= 11 is 0.322. The van der Waals surface area contributed by atoms with Crippen molar-refractivity contribution in [3.8, 4) is 5.69 Å². The maximum absolute atomic E-state index is 2.62. The first-order valence-corrected chi connectivity index (χ1v) is 18.8.